The van der Waals surface area contributed by atoms with E-state index in [1.165, 1.54) is 0 Å². The molecule has 1 aliphatic heterocycles. The molecule has 5 nitrogen and oxygen atoms in total. The van der Waals surface area contributed by atoms with Crippen molar-refractivity contribution >= 4 is 27.5 Å². The monoisotopic (exact) mass is 605 g/mol. The first-order valence-electron chi connectivity index (χ1n) is 14.4. The largest absolute Gasteiger partial charge is 0.490 e. The highest BCUT2D eigenvalue weighted by molar-refractivity contribution is 9.10. The van der Waals surface area contributed by atoms with E-state index in [0.717, 1.165) is 57.5 Å². The molecule has 0 aromatic heterocycles. The Balaban J connectivity index is 1.63. The van der Waals surface area contributed by atoms with Crippen molar-refractivity contribution in [2.45, 2.75) is 79.8 Å². The van der Waals surface area contributed by atoms with E-state index in [2.05, 4.69) is 55.4 Å². The summed E-state index contributed by atoms with van der Waals surface area (Å²) < 4.78 is 13.3. The van der Waals surface area contributed by atoms with E-state index in [9.17, 15) is 9.59 Å². The zero-order valence-corrected chi connectivity index (χ0v) is 26.1. The van der Waals surface area contributed by atoms with Crippen LogP contribution in [0.1, 0.15) is 84.3 Å². The van der Waals surface area contributed by atoms with Crippen LogP contribution in [0, 0.1) is 10.8 Å². The highest BCUT2D eigenvalue weighted by atomic mass is 79.9. The van der Waals surface area contributed by atoms with Crippen LogP contribution in [0.5, 0.6) is 11.5 Å². The summed E-state index contributed by atoms with van der Waals surface area (Å²) in [4.78, 5) is 30.1. The third-order valence-electron chi connectivity index (χ3n) is 8.28. The maximum atomic E-state index is 13.9. The van der Waals surface area contributed by atoms with Crippen LogP contribution in [-0.4, -0.2) is 29.6 Å². The molecule has 0 amide bonds. The van der Waals surface area contributed by atoms with Crippen molar-refractivity contribution in [1.82, 2.24) is 4.90 Å². The van der Waals surface area contributed by atoms with Crippen molar-refractivity contribution in [2.24, 2.45) is 10.8 Å². The van der Waals surface area contributed by atoms with Gasteiger partial charge in [0.05, 0.1) is 6.61 Å². The highest BCUT2D eigenvalue weighted by Crippen LogP contribution is 2.54. The van der Waals surface area contributed by atoms with E-state index in [4.69, 9.17) is 9.47 Å². The van der Waals surface area contributed by atoms with Gasteiger partial charge in [0.25, 0.3) is 0 Å². The zero-order chi connectivity index (χ0) is 28.8. The summed E-state index contributed by atoms with van der Waals surface area (Å²) in [5, 5.41) is 0. The van der Waals surface area contributed by atoms with Crippen molar-refractivity contribution in [2.75, 3.05) is 13.2 Å². The van der Waals surface area contributed by atoms with Crippen molar-refractivity contribution in [3.05, 3.63) is 80.6 Å². The van der Waals surface area contributed by atoms with Gasteiger partial charge in [-0.2, -0.15) is 0 Å². The lowest BCUT2D eigenvalue weighted by atomic mass is 9.63. The molecular weight excluding hydrogens is 566 g/mol. The van der Waals surface area contributed by atoms with Crippen LogP contribution in [0.4, 0.5) is 0 Å². The average molecular weight is 607 g/mol. The molecule has 1 heterocycles. The number of carbonyl (C=O) groups excluding carboxylic acids is 2. The van der Waals surface area contributed by atoms with E-state index < -0.39 is 5.92 Å². The molecule has 0 saturated heterocycles. The summed E-state index contributed by atoms with van der Waals surface area (Å²) in [7, 11) is 0. The molecular formula is C34H40BrNO4. The predicted molar refractivity (Wildman–Crippen MR) is 161 cm³/mol. The molecule has 6 heteroatoms. The van der Waals surface area contributed by atoms with Gasteiger partial charge in [-0.15, -0.1) is 0 Å². The summed E-state index contributed by atoms with van der Waals surface area (Å²) >= 11 is 3.60. The maximum absolute atomic E-state index is 13.9. The number of nitrogens with zero attached hydrogens (tertiary/aromatic N) is 1. The summed E-state index contributed by atoms with van der Waals surface area (Å²) in [6.45, 7) is 14.4. The smallest absolute Gasteiger partial charge is 0.162 e. The van der Waals surface area contributed by atoms with Crippen LogP contribution in [0.25, 0.3) is 0 Å². The Morgan fingerprint density at radius 3 is 1.98 bits per heavy atom. The maximum Gasteiger partial charge on any atom is 0.162 e. The van der Waals surface area contributed by atoms with E-state index in [-0.39, 0.29) is 22.4 Å². The van der Waals surface area contributed by atoms with Gasteiger partial charge >= 0.3 is 0 Å². The highest BCUT2D eigenvalue weighted by Gasteiger charge is 2.48. The van der Waals surface area contributed by atoms with Crippen molar-refractivity contribution in [3.8, 4) is 11.5 Å². The van der Waals surface area contributed by atoms with Gasteiger partial charge in [0.1, 0.15) is 6.61 Å². The lowest BCUT2D eigenvalue weighted by molar-refractivity contribution is -0.119. The molecule has 0 unspecified atom stereocenters. The van der Waals surface area contributed by atoms with Gasteiger partial charge < -0.3 is 14.4 Å². The number of ketones is 2. The van der Waals surface area contributed by atoms with E-state index in [1.807, 2.05) is 49.4 Å². The molecule has 0 spiro atoms. The fourth-order valence-electron chi connectivity index (χ4n) is 6.63. The SMILES string of the molecule is CCOc1cc(C2C3=C(CC(C)(C)CC3=O)N(CC)C3=C2C(=O)CC(C)(C)C3)ccc1OCc1ccccc1Br. The van der Waals surface area contributed by atoms with E-state index in [0.29, 0.717) is 37.6 Å². The summed E-state index contributed by atoms with van der Waals surface area (Å²) in [5.41, 5.74) is 5.45. The molecule has 0 N–H and O–H groups in total. The standard InChI is InChI=1S/C34H40BrNO4/c1-7-36-24-16-33(3,4)18-26(37)31(24)30(32-25(36)17-34(5,6)19-27(32)38)21-13-14-28(29(15-21)39-8-2)40-20-22-11-9-10-12-23(22)35/h9-15,30H,7-8,16-20H2,1-6H3. The Hall–Kier alpha value is -2.86. The van der Waals surface area contributed by atoms with Gasteiger partial charge in [-0.05, 0) is 61.3 Å². The van der Waals surface area contributed by atoms with Crippen LogP contribution in [-0.2, 0) is 16.2 Å². The number of hydrogen-bond acceptors (Lipinski definition) is 5. The third-order valence-corrected chi connectivity index (χ3v) is 9.05. The fraction of sp³-hybridized carbons (Fsp3) is 0.471. The molecule has 2 aliphatic carbocycles. The van der Waals surface area contributed by atoms with E-state index >= 15 is 0 Å². The summed E-state index contributed by atoms with van der Waals surface area (Å²) in [6.07, 6.45) is 2.59. The summed E-state index contributed by atoms with van der Waals surface area (Å²) in [5.74, 6) is 1.16. The lowest BCUT2D eigenvalue weighted by Gasteiger charge is -2.48. The van der Waals surface area contributed by atoms with Gasteiger partial charge in [-0.3, -0.25) is 9.59 Å². The zero-order valence-electron chi connectivity index (χ0n) is 24.5. The van der Waals surface area contributed by atoms with Crippen molar-refractivity contribution in [1.29, 1.82) is 0 Å². The number of allylic oxidation sites excluding steroid dienone is 4. The second-order valence-electron chi connectivity index (χ2n) is 12.8. The molecule has 0 fully saturated rings. The minimum Gasteiger partial charge on any atom is -0.490 e. The second kappa shape index (κ2) is 10.8. The van der Waals surface area contributed by atoms with Crippen LogP contribution < -0.4 is 9.47 Å². The molecule has 0 radical (unpaired) electrons. The lowest BCUT2D eigenvalue weighted by Crippen LogP contribution is -2.44. The number of ether oxygens (including phenoxy) is 2. The molecule has 2 aromatic carbocycles. The number of rotatable bonds is 7. The number of Topliss-reactive ketones (excluding diaryl/α,β-unsaturated/α-hetero) is 2. The summed E-state index contributed by atoms with van der Waals surface area (Å²) in [6, 6.07) is 13.9. The molecule has 0 saturated carbocycles. The van der Waals surface area contributed by atoms with Gasteiger partial charge in [0.15, 0.2) is 23.1 Å². The van der Waals surface area contributed by atoms with Gasteiger partial charge in [-0.25, -0.2) is 0 Å². The molecule has 3 aliphatic rings. The third kappa shape index (κ3) is 5.39. The Morgan fingerprint density at radius 2 is 1.43 bits per heavy atom. The molecule has 0 atom stereocenters. The molecule has 40 heavy (non-hydrogen) atoms. The first-order chi connectivity index (χ1) is 18.9. The van der Waals surface area contributed by atoms with Crippen LogP contribution >= 0.6 is 15.9 Å². The number of halogens is 1. The van der Waals surface area contributed by atoms with Crippen molar-refractivity contribution < 1.29 is 19.1 Å². The first-order valence-corrected chi connectivity index (χ1v) is 15.2. The molecule has 5 rings (SSSR count). The molecule has 212 valence electrons. The molecule has 0 bridgehead atoms. The van der Waals surface area contributed by atoms with Crippen molar-refractivity contribution in [3.63, 3.8) is 0 Å². The van der Waals surface area contributed by atoms with Gasteiger partial charge in [-0.1, -0.05) is 67.9 Å². The van der Waals surface area contributed by atoms with Gasteiger partial charge in [0.2, 0.25) is 0 Å². The number of hydrogen-bond donors (Lipinski definition) is 0. The quantitative estimate of drug-likeness (QED) is 0.319. The molecule has 2 aromatic rings. The van der Waals surface area contributed by atoms with Crippen LogP contribution in [0.2, 0.25) is 0 Å². The van der Waals surface area contributed by atoms with Crippen LogP contribution in [0.3, 0.4) is 0 Å². The topological polar surface area (TPSA) is 55.8 Å². The van der Waals surface area contributed by atoms with Crippen LogP contribution in [0.15, 0.2) is 69.5 Å². The minimum atomic E-state index is -0.392. The second-order valence-corrected chi connectivity index (χ2v) is 13.7. The Labute approximate surface area is 246 Å². The first kappa shape index (κ1) is 28.7. The minimum absolute atomic E-state index is 0.125. The fourth-order valence-corrected chi connectivity index (χ4v) is 7.02. The van der Waals surface area contributed by atoms with Gasteiger partial charge in [0, 0.05) is 57.9 Å². The Kier molecular flexibility index (Phi) is 7.77. The Bertz CT molecular complexity index is 1360. The predicted octanol–water partition coefficient (Wildman–Crippen LogP) is 8.13. The number of benzene rings is 2. The van der Waals surface area contributed by atoms with E-state index in [1.54, 1.807) is 0 Å². The number of carbonyl (C=O) groups is 2. The average Bonchev–Trinajstić information content (AvgIpc) is 2.86. The Morgan fingerprint density at radius 1 is 0.825 bits per heavy atom. The normalized spacial score (nSPS) is 20.4.